The third-order valence-corrected chi connectivity index (χ3v) is 6.75. The van der Waals surface area contributed by atoms with Crippen LogP contribution in [0.25, 0.3) is 0 Å². The maximum Gasteiger partial charge on any atom is 0.287 e. The highest BCUT2D eigenvalue weighted by Gasteiger charge is 2.45. The van der Waals surface area contributed by atoms with E-state index in [2.05, 4.69) is 12.2 Å². The van der Waals surface area contributed by atoms with Crippen LogP contribution >= 0.6 is 11.8 Å². The minimum Gasteiger partial charge on any atom is -0.455 e. The van der Waals surface area contributed by atoms with Gasteiger partial charge in [-0.2, -0.15) is 11.8 Å². The van der Waals surface area contributed by atoms with Crippen LogP contribution < -0.4 is 5.32 Å². The molecule has 1 saturated carbocycles. The standard InChI is InChI=1S/C19H27NO4S/c1-5-25-14-6-7-19(14,23)10-20-17(22)16-11(2)15-12(21)8-18(3,4)9-13(15)24-16/h14,23H,5-10H2,1-4H3,(H,20,22)/t14-,19-/m1/s1. The van der Waals surface area contributed by atoms with Crippen LogP contribution in [0.5, 0.6) is 0 Å². The Hall–Kier alpha value is -1.27. The van der Waals surface area contributed by atoms with Gasteiger partial charge >= 0.3 is 0 Å². The van der Waals surface area contributed by atoms with Crippen molar-refractivity contribution in [2.75, 3.05) is 12.3 Å². The van der Waals surface area contributed by atoms with E-state index in [1.807, 2.05) is 13.8 Å². The molecule has 0 radical (unpaired) electrons. The molecule has 1 amide bonds. The van der Waals surface area contributed by atoms with E-state index in [-0.39, 0.29) is 34.7 Å². The summed E-state index contributed by atoms with van der Waals surface area (Å²) in [6, 6.07) is 0. The van der Waals surface area contributed by atoms with Crippen molar-refractivity contribution < 1.29 is 19.1 Å². The molecule has 25 heavy (non-hydrogen) atoms. The summed E-state index contributed by atoms with van der Waals surface area (Å²) in [6.07, 6.45) is 2.80. The molecule has 0 unspecified atom stereocenters. The van der Waals surface area contributed by atoms with Gasteiger partial charge in [-0.25, -0.2) is 0 Å². The van der Waals surface area contributed by atoms with Crippen LogP contribution in [0.15, 0.2) is 4.42 Å². The fourth-order valence-electron chi connectivity index (χ4n) is 3.85. The lowest BCUT2D eigenvalue weighted by Gasteiger charge is -2.44. The average Bonchev–Trinajstić information content (AvgIpc) is 2.84. The largest absolute Gasteiger partial charge is 0.455 e. The van der Waals surface area contributed by atoms with Crippen molar-refractivity contribution in [1.29, 1.82) is 0 Å². The van der Waals surface area contributed by atoms with Crippen LogP contribution in [-0.2, 0) is 6.42 Å². The highest BCUT2D eigenvalue weighted by Crippen LogP contribution is 2.41. The van der Waals surface area contributed by atoms with Crippen LogP contribution in [0.4, 0.5) is 0 Å². The zero-order chi connectivity index (χ0) is 18.4. The highest BCUT2D eigenvalue weighted by molar-refractivity contribution is 8.00. The summed E-state index contributed by atoms with van der Waals surface area (Å²) in [5, 5.41) is 13.6. The number of carbonyl (C=O) groups excluding carboxylic acids is 2. The molecule has 2 atom stereocenters. The summed E-state index contributed by atoms with van der Waals surface area (Å²) < 4.78 is 5.78. The van der Waals surface area contributed by atoms with E-state index in [4.69, 9.17) is 4.42 Å². The SMILES string of the molecule is CCS[C@@H]1CC[C@@]1(O)CNC(=O)c1oc2c(c1C)C(=O)CC(C)(C)C2. The normalized spacial score (nSPS) is 27.6. The summed E-state index contributed by atoms with van der Waals surface area (Å²) in [5.74, 6) is 1.47. The fraction of sp³-hybridized carbons (Fsp3) is 0.684. The molecule has 0 aliphatic heterocycles. The van der Waals surface area contributed by atoms with Crippen LogP contribution in [0.3, 0.4) is 0 Å². The number of nitrogens with one attached hydrogen (secondary N) is 1. The monoisotopic (exact) mass is 365 g/mol. The number of rotatable bonds is 5. The maximum absolute atomic E-state index is 12.6. The summed E-state index contributed by atoms with van der Waals surface area (Å²) in [5.41, 5.74) is 0.210. The van der Waals surface area contributed by atoms with Gasteiger partial charge in [-0.15, -0.1) is 0 Å². The van der Waals surface area contributed by atoms with Crippen LogP contribution in [0.2, 0.25) is 0 Å². The second kappa shape index (κ2) is 6.47. The van der Waals surface area contributed by atoms with E-state index >= 15 is 0 Å². The van der Waals surface area contributed by atoms with E-state index in [1.165, 1.54) is 0 Å². The van der Waals surface area contributed by atoms with Crippen molar-refractivity contribution in [1.82, 2.24) is 5.32 Å². The van der Waals surface area contributed by atoms with Crippen LogP contribution in [0, 0.1) is 12.3 Å². The van der Waals surface area contributed by atoms with E-state index < -0.39 is 5.60 Å². The van der Waals surface area contributed by atoms with E-state index in [0.717, 1.165) is 12.2 Å². The zero-order valence-corrected chi connectivity index (χ0v) is 16.2. The van der Waals surface area contributed by atoms with Gasteiger partial charge in [0.05, 0.1) is 11.2 Å². The van der Waals surface area contributed by atoms with Crippen molar-refractivity contribution >= 4 is 23.5 Å². The number of fused-ring (bicyclic) bond motifs is 1. The molecule has 1 fully saturated rings. The Morgan fingerprint density at radius 2 is 2.12 bits per heavy atom. The van der Waals surface area contributed by atoms with Crippen molar-refractivity contribution in [3.05, 3.63) is 22.6 Å². The van der Waals surface area contributed by atoms with Crippen molar-refractivity contribution in [2.24, 2.45) is 5.41 Å². The number of amides is 1. The lowest BCUT2D eigenvalue weighted by atomic mass is 9.76. The molecule has 2 N–H and O–H groups in total. The molecule has 0 saturated heterocycles. The number of hydrogen-bond acceptors (Lipinski definition) is 5. The average molecular weight is 365 g/mol. The Balaban J connectivity index is 1.73. The molecule has 5 nitrogen and oxygen atoms in total. The Kier molecular flexibility index (Phi) is 4.79. The number of thioether (sulfide) groups is 1. The molecule has 1 heterocycles. The number of ketones is 1. The Morgan fingerprint density at radius 3 is 2.72 bits per heavy atom. The van der Waals surface area contributed by atoms with Gasteiger partial charge in [0.1, 0.15) is 5.76 Å². The lowest BCUT2D eigenvalue weighted by molar-refractivity contribution is -0.0223. The second-order valence-corrected chi connectivity index (χ2v) is 9.54. The number of Topliss-reactive ketones (excluding diaryl/α,β-unsaturated/α-hetero) is 1. The molecule has 0 spiro atoms. The van der Waals surface area contributed by atoms with Gasteiger partial charge in [-0.3, -0.25) is 9.59 Å². The van der Waals surface area contributed by atoms with Gasteiger partial charge in [-0.1, -0.05) is 20.8 Å². The predicted molar refractivity (Wildman–Crippen MR) is 98.3 cm³/mol. The predicted octanol–water partition coefficient (Wildman–Crippen LogP) is 3.12. The van der Waals surface area contributed by atoms with Gasteiger partial charge in [0.2, 0.25) is 0 Å². The first-order valence-electron chi connectivity index (χ1n) is 8.94. The third-order valence-electron chi connectivity index (χ3n) is 5.34. The molecule has 1 aromatic rings. The van der Waals surface area contributed by atoms with Gasteiger partial charge in [0.15, 0.2) is 11.5 Å². The molecule has 6 heteroatoms. The van der Waals surface area contributed by atoms with Crippen molar-refractivity contribution in [3.8, 4) is 0 Å². The molecule has 138 valence electrons. The number of aliphatic hydroxyl groups is 1. The van der Waals surface area contributed by atoms with Crippen molar-refractivity contribution in [2.45, 2.75) is 64.2 Å². The molecule has 0 bridgehead atoms. The van der Waals surface area contributed by atoms with Gasteiger partial charge in [0, 0.05) is 30.2 Å². The number of hydrogen-bond donors (Lipinski definition) is 2. The molecular weight excluding hydrogens is 338 g/mol. The van der Waals surface area contributed by atoms with E-state index in [0.29, 0.717) is 36.1 Å². The Labute approximate surface area is 152 Å². The molecule has 2 aliphatic rings. The topological polar surface area (TPSA) is 79.5 Å². The molecule has 0 aromatic carbocycles. The van der Waals surface area contributed by atoms with E-state index in [9.17, 15) is 14.7 Å². The molecule has 1 aromatic heterocycles. The minimum absolute atomic E-state index is 0.0450. The second-order valence-electron chi connectivity index (χ2n) is 8.06. The quantitative estimate of drug-likeness (QED) is 0.838. The van der Waals surface area contributed by atoms with Gasteiger partial charge in [-0.05, 0) is 30.9 Å². The lowest BCUT2D eigenvalue weighted by Crippen LogP contribution is -2.57. The van der Waals surface area contributed by atoms with Crippen molar-refractivity contribution in [3.63, 3.8) is 0 Å². The van der Waals surface area contributed by atoms with Crippen LogP contribution in [0.1, 0.15) is 72.3 Å². The Bertz CT molecular complexity index is 709. The van der Waals surface area contributed by atoms with Crippen LogP contribution in [-0.4, -0.2) is 39.9 Å². The van der Waals surface area contributed by atoms with E-state index in [1.54, 1.807) is 18.7 Å². The summed E-state index contributed by atoms with van der Waals surface area (Å²) in [6.45, 7) is 8.11. The highest BCUT2D eigenvalue weighted by atomic mass is 32.2. The fourth-order valence-corrected chi connectivity index (χ4v) is 5.05. The molecule has 3 rings (SSSR count). The maximum atomic E-state index is 12.6. The van der Waals surface area contributed by atoms with Gasteiger partial charge < -0.3 is 14.8 Å². The minimum atomic E-state index is -0.839. The first-order valence-corrected chi connectivity index (χ1v) is 9.99. The first-order chi connectivity index (χ1) is 11.7. The number of furan rings is 1. The molecular formula is C19H27NO4S. The summed E-state index contributed by atoms with van der Waals surface area (Å²) >= 11 is 1.73. The summed E-state index contributed by atoms with van der Waals surface area (Å²) in [4.78, 5) is 25.0. The number of carbonyl (C=O) groups is 2. The Morgan fingerprint density at radius 1 is 1.40 bits per heavy atom. The summed E-state index contributed by atoms with van der Waals surface area (Å²) in [7, 11) is 0. The van der Waals surface area contributed by atoms with Gasteiger partial charge in [0.25, 0.3) is 5.91 Å². The first kappa shape index (κ1) is 18.5. The zero-order valence-electron chi connectivity index (χ0n) is 15.4. The molecule has 2 aliphatic carbocycles. The third kappa shape index (κ3) is 3.38. The smallest absolute Gasteiger partial charge is 0.287 e.